The molecule has 0 fully saturated rings. The molecule has 0 atom stereocenters. The van der Waals surface area contributed by atoms with Crippen LogP contribution >= 0.6 is 22.6 Å². The van der Waals surface area contributed by atoms with Crippen molar-refractivity contribution in [2.75, 3.05) is 0 Å². The average Bonchev–Trinajstić information content (AvgIpc) is 2.53. The van der Waals surface area contributed by atoms with Crippen LogP contribution in [0.3, 0.4) is 0 Å². The van der Waals surface area contributed by atoms with Gasteiger partial charge in [-0.15, -0.1) is 0 Å². The first-order valence-corrected chi connectivity index (χ1v) is 4.63. The van der Waals surface area contributed by atoms with Gasteiger partial charge in [-0.25, -0.2) is 0 Å². The molecular weight excluding hydrogens is 263 g/mol. The molecule has 1 N–H and O–H groups in total. The van der Waals surface area contributed by atoms with Gasteiger partial charge in [-0.05, 0) is 28.2 Å². The van der Waals surface area contributed by atoms with E-state index in [1.807, 2.05) is 30.3 Å². The Bertz CT molecular complexity index is 367. The van der Waals surface area contributed by atoms with E-state index < -0.39 is 0 Å². The minimum atomic E-state index is 0.957. The maximum absolute atomic E-state index is 4.00. The molecule has 0 saturated carbocycles. The number of hydrogen-bond donors (Lipinski definition) is 1. The lowest BCUT2D eigenvalue weighted by atomic mass is 10.1. The molecule has 0 amide bonds. The maximum atomic E-state index is 4.00. The highest BCUT2D eigenvalue weighted by Gasteiger charge is 2.03. The van der Waals surface area contributed by atoms with Crippen LogP contribution in [-0.2, 0) is 0 Å². The third-order valence-corrected chi connectivity index (χ3v) is 2.38. The quantitative estimate of drug-likeness (QED) is 0.791. The summed E-state index contributed by atoms with van der Waals surface area (Å²) >= 11 is 2.19. The van der Waals surface area contributed by atoms with E-state index in [2.05, 4.69) is 39.0 Å². The molecule has 0 saturated heterocycles. The molecule has 1 aromatic carbocycles. The third kappa shape index (κ3) is 1.36. The second-order valence-corrected chi connectivity index (χ2v) is 3.40. The van der Waals surface area contributed by atoms with E-state index in [0.717, 1.165) is 14.8 Å². The highest BCUT2D eigenvalue weighted by Crippen LogP contribution is 2.21. The predicted octanol–water partition coefficient (Wildman–Crippen LogP) is 2.48. The van der Waals surface area contributed by atoms with Crippen molar-refractivity contribution in [3.63, 3.8) is 0 Å². The molecule has 59 valence electrons. The molecule has 1 radical (unpaired) electrons. The second-order valence-electron chi connectivity index (χ2n) is 2.38. The van der Waals surface area contributed by atoms with E-state index in [1.54, 1.807) is 0 Å². The van der Waals surface area contributed by atoms with Gasteiger partial charge in [-0.2, -0.15) is 5.10 Å². The summed E-state index contributed by atoms with van der Waals surface area (Å²) in [7, 11) is 0. The molecule has 2 nitrogen and oxygen atoms in total. The number of aromatic nitrogens is 2. The van der Waals surface area contributed by atoms with Crippen molar-refractivity contribution in [1.82, 2.24) is 10.2 Å². The number of nitrogens with zero attached hydrogens (tertiary/aromatic N) is 1. The fourth-order valence-corrected chi connectivity index (χ4v) is 1.60. The zero-order valence-corrected chi connectivity index (χ0v) is 8.37. The molecule has 0 aliphatic carbocycles. The summed E-state index contributed by atoms with van der Waals surface area (Å²) in [4.78, 5) is 0. The number of hydrogen-bond acceptors (Lipinski definition) is 1. The van der Waals surface area contributed by atoms with E-state index >= 15 is 0 Å². The van der Waals surface area contributed by atoms with Gasteiger partial charge in [0.05, 0.1) is 6.20 Å². The number of nitrogens with one attached hydrogen (secondary N) is 1. The monoisotopic (exact) mass is 269 g/mol. The second kappa shape index (κ2) is 3.26. The Hall–Kier alpha value is -0.840. The first-order chi connectivity index (χ1) is 5.88. The molecule has 0 spiro atoms. The van der Waals surface area contributed by atoms with Crippen molar-refractivity contribution in [3.8, 4) is 11.1 Å². The third-order valence-electron chi connectivity index (χ3n) is 1.60. The Balaban J connectivity index is 2.51. The normalized spacial score (nSPS) is 10.1. The van der Waals surface area contributed by atoms with Gasteiger partial charge in [0, 0.05) is 5.56 Å². The highest BCUT2D eigenvalue weighted by molar-refractivity contribution is 14.1. The standard InChI is InChI=1S/C9H6IN2/c10-9-8(6-11-12-9)7-4-2-1-3-5-7/h1-5H,(H,11,12). The van der Waals surface area contributed by atoms with Gasteiger partial charge >= 0.3 is 0 Å². The number of H-pyrrole nitrogens is 1. The van der Waals surface area contributed by atoms with Crippen LogP contribution in [-0.4, -0.2) is 10.2 Å². The van der Waals surface area contributed by atoms with Crippen LogP contribution < -0.4 is 0 Å². The summed E-state index contributed by atoms with van der Waals surface area (Å²) in [5.41, 5.74) is 2.19. The van der Waals surface area contributed by atoms with E-state index in [1.165, 1.54) is 0 Å². The Morgan fingerprint density at radius 1 is 1.25 bits per heavy atom. The lowest BCUT2D eigenvalue weighted by molar-refractivity contribution is 1.06. The predicted molar refractivity (Wildman–Crippen MR) is 55.6 cm³/mol. The zero-order chi connectivity index (χ0) is 8.39. The molecule has 1 aromatic heterocycles. The lowest BCUT2D eigenvalue weighted by Gasteiger charge is -1.94. The topological polar surface area (TPSA) is 28.7 Å². The van der Waals surface area contributed by atoms with Gasteiger partial charge < -0.3 is 0 Å². The number of aromatic amines is 1. The van der Waals surface area contributed by atoms with Crippen LogP contribution in [0.5, 0.6) is 0 Å². The number of rotatable bonds is 1. The molecule has 1 heterocycles. The van der Waals surface area contributed by atoms with Gasteiger partial charge in [-0.3, -0.25) is 5.10 Å². The van der Waals surface area contributed by atoms with Crippen molar-refractivity contribution < 1.29 is 0 Å². The molecule has 12 heavy (non-hydrogen) atoms. The van der Waals surface area contributed by atoms with Crippen LogP contribution in [0.25, 0.3) is 11.1 Å². The van der Waals surface area contributed by atoms with Gasteiger partial charge in [-0.1, -0.05) is 30.3 Å². The molecule has 0 bridgehead atoms. The average molecular weight is 269 g/mol. The van der Waals surface area contributed by atoms with Crippen LogP contribution in [0.4, 0.5) is 0 Å². The Labute approximate surface area is 84.1 Å². The molecule has 2 aromatic rings. The van der Waals surface area contributed by atoms with Crippen LogP contribution in [0.15, 0.2) is 30.3 Å². The minimum absolute atomic E-state index is 0.957. The van der Waals surface area contributed by atoms with Gasteiger partial charge in [0.1, 0.15) is 3.70 Å². The zero-order valence-electron chi connectivity index (χ0n) is 6.21. The van der Waals surface area contributed by atoms with E-state index in [4.69, 9.17) is 0 Å². The maximum Gasteiger partial charge on any atom is 0.131 e. The fourth-order valence-electron chi connectivity index (χ4n) is 1.04. The summed E-state index contributed by atoms with van der Waals surface area (Å²) in [6, 6.07) is 10.1. The fraction of sp³-hybridized carbons (Fsp3) is 0. The Morgan fingerprint density at radius 2 is 2.00 bits per heavy atom. The summed E-state index contributed by atoms with van der Waals surface area (Å²) in [5, 5.41) is 6.71. The number of benzene rings is 1. The van der Waals surface area contributed by atoms with E-state index in [0.29, 0.717) is 0 Å². The van der Waals surface area contributed by atoms with Crippen LogP contribution in [0.2, 0.25) is 0 Å². The SMILES string of the molecule is Ic1n[nH][c]c1-c1ccccc1. The van der Waals surface area contributed by atoms with E-state index in [-0.39, 0.29) is 0 Å². The number of halogens is 1. The lowest BCUT2D eigenvalue weighted by Crippen LogP contribution is -1.76. The van der Waals surface area contributed by atoms with Gasteiger partial charge in [0.2, 0.25) is 0 Å². The molecule has 0 aliphatic rings. The van der Waals surface area contributed by atoms with E-state index in [9.17, 15) is 0 Å². The molecule has 0 unspecified atom stereocenters. The van der Waals surface area contributed by atoms with Crippen molar-refractivity contribution in [2.24, 2.45) is 0 Å². The molecule has 2 rings (SSSR count). The summed E-state index contributed by atoms with van der Waals surface area (Å²) < 4.78 is 0.957. The summed E-state index contributed by atoms with van der Waals surface area (Å²) in [6.45, 7) is 0. The van der Waals surface area contributed by atoms with Crippen molar-refractivity contribution >= 4 is 22.6 Å². The molecular formula is C9H6IN2. The smallest absolute Gasteiger partial charge is 0.131 e. The van der Waals surface area contributed by atoms with Crippen molar-refractivity contribution in [2.45, 2.75) is 0 Å². The van der Waals surface area contributed by atoms with Crippen molar-refractivity contribution in [3.05, 3.63) is 40.2 Å². The molecule has 3 heteroatoms. The minimum Gasteiger partial charge on any atom is -0.275 e. The summed E-state index contributed by atoms with van der Waals surface area (Å²) in [5.74, 6) is 0. The Kier molecular flexibility index (Phi) is 2.12. The Morgan fingerprint density at radius 3 is 2.58 bits per heavy atom. The van der Waals surface area contributed by atoms with Crippen molar-refractivity contribution in [1.29, 1.82) is 0 Å². The van der Waals surface area contributed by atoms with Crippen LogP contribution in [0.1, 0.15) is 0 Å². The van der Waals surface area contributed by atoms with Gasteiger partial charge in [0.25, 0.3) is 0 Å². The largest absolute Gasteiger partial charge is 0.275 e. The molecule has 0 aliphatic heterocycles. The van der Waals surface area contributed by atoms with Crippen LogP contribution in [0, 0.1) is 9.90 Å². The highest BCUT2D eigenvalue weighted by atomic mass is 127. The first kappa shape index (κ1) is 7.79. The first-order valence-electron chi connectivity index (χ1n) is 3.55. The van der Waals surface area contributed by atoms with Gasteiger partial charge in [0.15, 0.2) is 0 Å². The summed E-state index contributed by atoms with van der Waals surface area (Å²) in [6.07, 6.45) is 2.98.